The van der Waals surface area contributed by atoms with Crippen molar-refractivity contribution >= 4 is 29.6 Å². The van der Waals surface area contributed by atoms with Gasteiger partial charge in [-0.05, 0) is 31.8 Å². The lowest BCUT2D eigenvalue weighted by Gasteiger charge is -2.37. The van der Waals surface area contributed by atoms with Crippen LogP contribution in [0.15, 0.2) is 0 Å². The number of thioether (sulfide) groups is 2. The summed E-state index contributed by atoms with van der Waals surface area (Å²) in [6.45, 7) is 9.08. The second-order valence-electron chi connectivity index (χ2n) is 5.28. The fraction of sp³-hybridized carbons (Fsp3) is 0.917. The first-order chi connectivity index (χ1) is 7.94. The van der Waals surface area contributed by atoms with Crippen molar-refractivity contribution in [1.82, 2.24) is 10.2 Å². The van der Waals surface area contributed by atoms with Gasteiger partial charge in [0.2, 0.25) is 0 Å². The van der Waals surface area contributed by atoms with Crippen molar-refractivity contribution < 1.29 is 4.79 Å². The molecule has 0 radical (unpaired) electrons. The van der Waals surface area contributed by atoms with Gasteiger partial charge < -0.3 is 10.2 Å². The normalized spacial score (nSPS) is 21.1. The van der Waals surface area contributed by atoms with Gasteiger partial charge in [0.05, 0.1) is 0 Å². The number of hydrogen-bond acceptors (Lipinski definition) is 3. The smallest absolute Gasteiger partial charge is 0.317 e. The fourth-order valence-electron chi connectivity index (χ4n) is 1.91. The van der Waals surface area contributed by atoms with Crippen LogP contribution < -0.4 is 5.32 Å². The molecule has 0 bridgehead atoms. The van der Waals surface area contributed by atoms with E-state index in [9.17, 15) is 4.79 Å². The van der Waals surface area contributed by atoms with E-state index < -0.39 is 0 Å². The first-order valence-electron chi connectivity index (χ1n) is 6.10. The molecule has 1 aliphatic heterocycles. The van der Waals surface area contributed by atoms with Crippen LogP contribution in [-0.2, 0) is 0 Å². The number of hydrogen-bond donors (Lipinski definition) is 1. The number of carbonyl (C=O) groups excluding carboxylic acids is 1. The summed E-state index contributed by atoms with van der Waals surface area (Å²) in [4.78, 5) is 13.9. The molecule has 0 unspecified atom stereocenters. The number of urea groups is 1. The standard InChI is InChI=1S/C12H24N2OS2/c1-10(8-16-4)7-13-11(15)14-5-6-17-12(2,3)9-14/h10H,5-9H2,1-4H3,(H,13,15)/t10-/m1/s1. The minimum Gasteiger partial charge on any atom is -0.338 e. The summed E-state index contributed by atoms with van der Waals surface area (Å²) in [6, 6.07) is 0.103. The predicted octanol–water partition coefficient (Wildman–Crippen LogP) is 2.52. The summed E-state index contributed by atoms with van der Waals surface area (Å²) in [5.41, 5.74) is 0. The van der Waals surface area contributed by atoms with Gasteiger partial charge in [-0.15, -0.1) is 0 Å². The molecule has 0 spiro atoms. The van der Waals surface area contributed by atoms with Crippen molar-refractivity contribution in [2.24, 2.45) is 5.92 Å². The second kappa shape index (κ2) is 6.78. The zero-order chi connectivity index (χ0) is 12.9. The molecule has 5 heteroatoms. The van der Waals surface area contributed by atoms with Gasteiger partial charge in [-0.2, -0.15) is 23.5 Å². The van der Waals surface area contributed by atoms with Crippen LogP contribution in [0.5, 0.6) is 0 Å². The highest BCUT2D eigenvalue weighted by Gasteiger charge is 2.29. The molecule has 1 N–H and O–H groups in total. The summed E-state index contributed by atoms with van der Waals surface area (Å²) < 4.78 is 0.195. The minimum atomic E-state index is 0.103. The Morgan fingerprint density at radius 2 is 2.29 bits per heavy atom. The third kappa shape index (κ3) is 5.42. The van der Waals surface area contributed by atoms with Crippen LogP contribution in [0.4, 0.5) is 4.79 Å². The van der Waals surface area contributed by atoms with Crippen molar-refractivity contribution in [3.05, 3.63) is 0 Å². The molecule has 0 saturated carbocycles. The van der Waals surface area contributed by atoms with E-state index in [1.807, 2.05) is 28.4 Å². The minimum absolute atomic E-state index is 0.103. The second-order valence-corrected chi connectivity index (χ2v) is 7.99. The van der Waals surface area contributed by atoms with Crippen LogP contribution >= 0.6 is 23.5 Å². The number of nitrogens with one attached hydrogen (secondary N) is 1. The van der Waals surface area contributed by atoms with E-state index in [0.29, 0.717) is 5.92 Å². The van der Waals surface area contributed by atoms with E-state index in [0.717, 1.165) is 31.1 Å². The molecule has 3 nitrogen and oxygen atoms in total. The van der Waals surface area contributed by atoms with Crippen molar-refractivity contribution in [2.45, 2.75) is 25.5 Å². The molecule has 1 fully saturated rings. The van der Waals surface area contributed by atoms with Crippen LogP contribution in [0.3, 0.4) is 0 Å². The zero-order valence-electron chi connectivity index (χ0n) is 11.3. The molecule has 1 saturated heterocycles. The van der Waals surface area contributed by atoms with Crippen LogP contribution in [-0.4, -0.2) is 53.1 Å². The molecule has 0 aromatic rings. The van der Waals surface area contributed by atoms with E-state index in [1.165, 1.54) is 0 Å². The van der Waals surface area contributed by atoms with Gasteiger partial charge in [-0.25, -0.2) is 4.79 Å². The largest absolute Gasteiger partial charge is 0.338 e. The maximum atomic E-state index is 12.0. The molecule has 100 valence electrons. The Morgan fingerprint density at radius 1 is 1.59 bits per heavy atom. The molecular formula is C12H24N2OS2. The Balaban J connectivity index is 2.32. The van der Waals surface area contributed by atoms with Gasteiger partial charge in [0.1, 0.15) is 0 Å². The monoisotopic (exact) mass is 276 g/mol. The Hall–Kier alpha value is -0.0300. The molecule has 0 aromatic carbocycles. The molecule has 0 aromatic heterocycles. The molecule has 0 aliphatic carbocycles. The highest BCUT2D eigenvalue weighted by atomic mass is 32.2. The van der Waals surface area contributed by atoms with Crippen LogP contribution in [0.2, 0.25) is 0 Å². The lowest BCUT2D eigenvalue weighted by molar-refractivity contribution is 0.193. The van der Waals surface area contributed by atoms with Gasteiger partial charge >= 0.3 is 6.03 Å². The third-order valence-corrected chi connectivity index (χ3v) is 4.97. The molecule has 1 aliphatic rings. The van der Waals surface area contributed by atoms with Gasteiger partial charge in [-0.3, -0.25) is 0 Å². The molecule has 2 amide bonds. The Morgan fingerprint density at radius 3 is 2.88 bits per heavy atom. The summed E-state index contributed by atoms with van der Waals surface area (Å²) in [5.74, 6) is 2.68. The number of amides is 2. The number of rotatable bonds is 4. The number of nitrogens with zero attached hydrogens (tertiary/aromatic N) is 1. The van der Waals surface area contributed by atoms with E-state index in [4.69, 9.17) is 0 Å². The van der Waals surface area contributed by atoms with Crippen LogP contribution in [0.1, 0.15) is 20.8 Å². The lowest BCUT2D eigenvalue weighted by atomic mass is 10.2. The van der Waals surface area contributed by atoms with Crippen molar-refractivity contribution in [3.63, 3.8) is 0 Å². The topological polar surface area (TPSA) is 32.3 Å². The molecule has 1 heterocycles. The molecule has 1 rings (SSSR count). The highest BCUT2D eigenvalue weighted by molar-refractivity contribution is 8.00. The summed E-state index contributed by atoms with van der Waals surface area (Å²) in [5, 5.41) is 3.04. The van der Waals surface area contributed by atoms with Gasteiger partial charge in [0, 0.05) is 30.1 Å². The van der Waals surface area contributed by atoms with Gasteiger partial charge in [-0.1, -0.05) is 6.92 Å². The maximum absolute atomic E-state index is 12.0. The third-order valence-electron chi connectivity index (χ3n) is 2.77. The Kier molecular flexibility index (Phi) is 6.00. The van der Waals surface area contributed by atoms with E-state index in [1.54, 1.807) is 0 Å². The first kappa shape index (κ1) is 15.0. The summed E-state index contributed by atoms with van der Waals surface area (Å²) >= 11 is 3.78. The fourth-order valence-corrected chi connectivity index (χ4v) is 3.70. The predicted molar refractivity (Wildman–Crippen MR) is 79.1 cm³/mol. The average Bonchev–Trinajstić information content (AvgIpc) is 2.25. The number of carbonyl (C=O) groups is 1. The van der Waals surface area contributed by atoms with E-state index in [2.05, 4.69) is 32.3 Å². The van der Waals surface area contributed by atoms with Crippen LogP contribution in [0.25, 0.3) is 0 Å². The molecular weight excluding hydrogens is 252 g/mol. The molecule has 17 heavy (non-hydrogen) atoms. The van der Waals surface area contributed by atoms with E-state index >= 15 is 0 Å². The first-order valence-corrected chi connectivity index (χ1v) is 8.48. The average molecular weight is 276 g/mol. The van der Waals surface area contributed by atoms with Crippen molar-refractivity contribution in [1.29, 1.82) is 0 Å². The van der Waals surface area contributed by atoms with Gasteiger partial charge in [0.15, 0.2) is 0 Å². The quantitative estimate of drug-likeness (QED) is 0.856. The Bertz CT molecular complexity index is 259. The highest BCUT2D eigenvalue weighted by Crippen LogP contribution is 2.29. The molecule has 1 atom stereocenters. The van der Waals surface area contributed by atoms with Crippen molar-refractivity contribution in [3.8, 4) is 0 Å². The summed E-state index contributed by atoms with van der Waals surface area (Å²) in [7, 11) is 0. The Labute approximate surface area is 113 Å². The van der Waals surface area contributed by atoms with Crippen LogP contribution in [0, 0.1) is 5.92 Å². The van der Waals surface area contributed by atoms with Crippen molar-refractivity contribution in [2.75, 3.05) is 37.4 Å². The zero-order valence-corrected chi connectivity index (χ0v) is 12.9. The van der Waals surface area contributed by atoms with Gasteiger partial charge in [0.25, 0.3) is 0 Å². The maximum Gasteiger partial charge on any atom is 0.317 e. The lowest BCUT2D eigenvalue weighted by Crippen LogP contribution is -2.50. The van der Waals surface area contributed by atoms with E-state index in [-0.39, 0.29) is 10.8 Å². The SMILES string of the molecule is CSC[C@H](C)CNC(=O)N1CCSC(C)(C)C1. The summed E-state index contributed by atoms with van der Waals surface area (Å²) in [6.07, 6.45) is 2.10.